The molecule has 0 aliphatic carbocycles. The first-order valence-electron chi connectivity index (χ1n) is 7.47. The molecule has 3 aromatic heterocycles. The molecule has 1 fully saturated rings. The highest BCUT2D eigenvalue weighted by molar-refractivity contribution is 6.02. The van der Waals surface area contributed by atoms with Crippen molar-refractivity contribution in [2.45, 2.75) is 5.92 Å². The molecule has 0 aromatic carbocycles. The number of nitrogens with zero attached hydrogens (tertiary/aromatic N) is 4. The van der Waals surface area contributed by atoms with Crippen molar-refractivity contribution < 1.29 is 9.21 Å². The Morgan fingerprint density at radius 1 is 1.29 bits per heavy atom. The van der Waals surface area contributed by atoms with E-state index in [2.05, 4.69) is 31.2 Å². The average molecular weight is 325 g/mol. The maximum absolute atomic E-state index is 12.3. The highest BCUT2D eigenvalue weighted by Crippen LogP contribution is 2.17. The van der Waals surface area contributed by atoms with Crippen molar-refractivity contribution >= 4 is 11.6 Å². The fourth-order valence-corrected chi connectivity index (χ4v) is 2.44. The summed E-state index contributed by atoms with van der Waals surface area (Å²) in [6.07, 6.45) is 8.03. The van der Waals surface area contributed by atoms with Crippen molar-refractivity contribution in [2.24, 2.45) is 0 Å². The second-order valence-corrected chi connectivity index (χ2v) is 5.36. The third-order valence-electron chi connectivity index (χ3n) is 3.69. The summed E-state index contributed by atoms with van der Waals surface area (Å²) in [7, 11) is 0. The summed E-state index contributed by atoms with van der Waals surface area (Å²) in [6, 6.07) is 3.65. The summed E-state index contributed by atoms with van der Waals surface area (Å²) in [5.74, 6) is 0.337. The zero-order valence-corrected chi connectivity index (χ0v) is 12.6. The largest absolute Gasteiger partial charge is 0.448 e. The fraction of sp³-hybridized carbons (Fsp3) is 0.200. The molecule has 1 saturated heterocycles. The van der Waals surface area contributed by atoms with E-state index in [-0.39, 0.29) is 17.5 Å². The minimum atomic E-state index is -0.335. The molecule has 4 rings (SSSR count). The minimum Gasteiger partial charge on any atom is -0.448 e. The van der Waals surface area contributed by atoms with E-state index in [4.69, 9.17) is 4.42 Å². The molecule has 9 heteroatoms. The maximum Gasteiger partial charge on any atom is 0.277 e. The standard InChI is InChI=1S/C15H15N7O2/c23-14(13-9-24-15(21-13)10-5-17-18-6-10)20-11-7-19-22(8-11)12-1-3-16-4-2-12/h1-4,7-10,17-18H,5-6H2,(H,20,23). The molecule has 0 unspecified atom stereocenters. The lowest BCUT2D eigenvalue weighted by molar-refractivity contribution is 0.102. The first-order chi connectivity index (χ1) is 11.8. The number of carbonyl (C=O) groups excluding carboxylic acids is 1. The normalized spacial score (nSPS) is 14.8. The van der Waals surface area contributed by atoms with E-state index in [0.29, 0.717) is 11.6 Å². The predicted molar refractivity (Wildman–Crippen MR) is 84.6 cm³/mol. The van der Waals surface area contributed by atoms with Crippen LogP contribution in [0.3, 0.4) is 0 Å². The number of carbonyl (C=O) groups is 1. The molecule has 0 saturated carbocycles. The molecule has 4 heterocycles. The molecule has 9 nitrogen and oxygen atoms in total. The van der Waals surface area contributed by atoms with Gasteiger partial charge in [0.05, 0.1) is 29.7 Å². The third kappa shape index (κ3) is 2.90. The smallest absolute Gasteiger partial charge is 0.277 e. The van der Waals surface area contributed by atoms with Gasteiger partial charge in [0.1, 0.15) is 6.26 Å². The number of hydrogen-bond donors (Lipinski definition) is 3. The third-order valence-corrected chi connectivity index (χ3v) is 3.69. The summed E-state index contributed by atoms with van der Waals surface area (Å²) in [6.45, 7) is 1.44. The van der Waals surface area contributed by atoms with Crippen LogP contribution in [-0.2, 0) is 0 Å². The molecule has 0 atom stereocenters. The van der Waals surface area contributed by atoms with E-state index in [0.717, 1.165) is 18.8 Å². The van der Waals surface area contributed by atoms with Crippen LogP contribution in [-0.4, -0.2) is 38.7 Å². The summed E-state index contributed by atoms with van der Waals surface area (Å²) < 4.78 is 7.06. The van der Waals surface area contributed by atoms with Crippen molar-refractivity contribution in [2.75, 3.05) is 18.4 Å². The molecule has 1 aliphatic rings. The van der Waals surface area contributed by atoms with Crippen LogP contribution in [0.2, 0.25) is 0 Å². The molecule has 0 radical (unpaired) electrons. The van der Waals surface area contributed by atoms with Gasteiger partial charge in [-0.2, -0.15) is 5.10 Å². The lowest BCUT2D eigenvalue weighted by Crippen LogP contribution is -2.21. The van der Waals surface area contributed by atoms with Crippen LogP contribution in [0.5, 0.6) is 0 Å². The van der Waals surface area contributed by atoms with Gasteiger partial charge >= 0.3 is 0 Å². The molecular weight excluding hydrogens is 310 g/mol. The summed E-state index contributed by atoms with van der Waals surface area (Å²) in [5.41, 5.74) is 7.68. The number of amides is 1. The van der Waals surface area contributed by atoms with Gasteiger partial charge in [-0.3, -0.25) is 20.6 Å². The summed E-state index contributed by atoms with van der Waals surface area (Å²) >= 11 is 0. The number of anilines is 1. The highest BCUT2D eigenvalue weighted by Gasteiger charge is 2.23. The van der Waals surface area contributed by atoms with Crippen LogP contribution in [0.1, 0.15) is 22.3 Å². The van der Waals surface area contributed by atoms with E-state index >= 15 is 0 Å². The molecular formula is C15H15N7O2. The van der Waals surface area contributed by atoms with Crippen LogP contribution in [0.25, 0.3) is 5.69 Å². The molecule has 1 amide bonds. The van der Waals surface area contributed by atoms with Crippen LogP contribution in [0.4, 0.5) is 5.69 Å². The van der Waals surface area contributed by atoms with Crippen molar-refractivity contribution in [3.63, 3.8) is 0 Å². The van der Waals surface area contributed by atoms with E-state index in [1.54, 1.807) is 29.5 Å². The molecule has 3 N–H and O–H groups in total. The first-order valence-corrected chi connectivity index (χ1v) is 7.47. The Balaban J connectivity index is 1.45. The van der Waals surface area contributed by atoms with Gasteiger partial charge in [0.15, 0.2) is 5.69 Å². The van der Waals surface area contributed by atoms with Crippen molar-refractivity contribution in [3.05, 3.63) is 54.8 Å². The summed E-state index contributed by atoms with van der Waals surface area (Å²) in [5, 5.41) is 6.98. The van der Waals surface area contributed by atoms with Gasteiger partial charge in [-0.05, 0) is 12.1 Å². The Morgan fingerprint density at radius 3 is 2.88 bits per heavy atom. The van der Waals surface area contributed by atoms with Crippen LogP contribution in [0, 0.1) is 0 Å². The van der Waals surface area contributed by atoms with Crippen molar-refractivity contribution in [1.29, 1.82) is 0 Å². The number of nitrogens with one attached hydrogen (secondary N) is 3. The predicted octanol–water partition coefficient (Wildman–Crippen LogP) is 0.699. The Morgan fingerprint density at radius 2 is 2.08 bits per heavy atom. The molecule has 122 valence electrons. The van der Waals surface area contributed by atoms with Gasteiger partial charge in [-0.1, -0.05) is 0 Å². The lowest BCUT2D eigenvalue weighted by atomic mass is 10.2. The van der Waals surface area contributed by atoms with Gasteiger partial charge in [-0.25, -0.2) is 9.67 Å². The van der Waals surface area contributed by atoms with Gasteiger partial charge < -0.3 is 9.73 Å². The van der Waals surface area contributed by atoms with Gasteiger partial charge in [0, 0.05) is 25.5 Å². The SMILES string of the molecule is O=C(Nc1cnn(-c2ccncc2)c1)c1coc(C2CNNC2)n1. The number of hydrazine groups is 1. The number of pyridine rings is 1. The van der Waals surface area contributed by atoms with E-state index in [1.807, 2.05) is 12.1 Å². The Bertz CT molecular complexity index is 836. The van der Waals surface area contributed by atoms with Crippen LogP contribution in [0.15, 0.2) is 47.6 Å². The second kappa shape index (κ2) is 6.22. The molecule has 0 bridgehead atoms. The first kappa shape index (κ1) is 14.5. The van der Waals surface area contributed by atoms with Crippen LogP contribution < -0.4 is 16.2 Å². The number of hydrogen-bond acceptors (Lipinski definition) is 7. The second-order valence-electron chi connectivity index (χ2n) is 5.36. The van der Waals surface area contributed by atoms with E-state index in [9.17, 15) is 4.79 Å². The maximum atomic E-state index is 12.3. The lowest BCUT2D eigenvalue weighted by Gasteiger charge is -2.00. The van der Waals surface area contributed by atoms with Crippen molar-refractivity contribution in [3.8, 4) is 5.69 Å². The number of aromatic nitrogens is 4. The zero-order chi connectivity index (χ0) is 16.4. The highest BCUT2D eigenvalue weighted by atomic mass is 16.3. The molecule has 24 heavy (non-hydrogen) atoms. The Labute approximate surface area is 137 Å². The van der Waals surface area contributed by atoms with Gasteiger partial charge in [0.2, 0.25) is 5.89 Å². The number of oxazole rings is 1. The molecule has 0 spiro atoms. The van der Waals surface area contributed by atoms with Crippen molar-refractivity contribution in [1.82, 2.24) is 30.6 Å². The molecule has 3 aromatic rings. The van der Waals surface area contributed by atoms with E-state index < -0.39 is 0 Å². The zero-order valence-electron chi connectivity index (χ0n) is 12.6. The Kier molecular flexibility index (Phi) is 3.77. The average Bonchev–Trinajstić information content (AvgIpc) is 3.36. The monoisotopic (exact) mass is 325 g/mol. The number of rotatable bonds is 4. The molecule has 1 aliphatic heterocycles. The summed E-state index contributed by atoms with van der Waals surface area (Å²) in [4.78, 5) is 20.5. The Hall–Kier alpha value is -3.04. The topological polar surface area (TPSA) is 110 Å². The minimum absolute atomic E-state index is 0.126. The van der Waals surface area contributed by atoms with Gasteiger partial charge in [0.25, 0.3) is 5.91 Å². The quantitative estimate of drug-likeness (QED) is 0.647. The van der Waals surface area contributed by atoms with E-state index in [1.165, 1.54) is 6.26 Å². The van der Waals surface area contributed by atoms with Gasteiger partial charge in [-0.15, -0.1) is 0 Å². The fourth-order valence-electron chi connectivity index (χ4n) is 2.44. The van der Waals surface area contributed by atoms with Crippen LogP contribution >= 0.6 is 0 Å².